The number of alkyl halides is 3. The van der Waals surface area contributed by atoms with Crippen LogP contribution in [-0.2, 0) is 11.2 Å². The fourth-order valence-corrected chi connectivity index (χ4v) is 4.55. The third-order valence-electron chi connectivity index (χ3n) is 5.03. The van der Waals surface area contributed by atoms with Crippen molar-refractivity contribution in [3.8, 4) is 0 Å². The first-order chi connectivity index (χ1) is 11.4. The van der Waals surface area contributed by atoms with E-state index < -0.39 is 5.51 Å². The van der Waals surface area contributed by atoms with E-state index in [1.54, 1.807) is 18.2 Å². The second-order valence-corrected chi connectivity index (χ2v) is 7.78. The van der Waals surface area contributed by atoms with Crippen LogP contribution in [0.1, 0.15) is 44.1 Å². The monoisotopic (exact) mass is 357 g/mol. The maximum atomic E-state index is 12.7. The average molecular weight is 357 g/mol. The van der Waals surface area contributed by atoms with Crippen molar-refractivity contribution in [3.63, 3.8) is 0 Å². The van der Waals surface area contributed by atoms with Gasteiger partial charge in [0.15, 0.2) is 0 Å². The molecule has 1 saturated heterocycles. The molecule has 1 heterocycles. The summed E-state index contributed by atoms with van der Waals surface area (Å²) in [7, 11) is 0. The molecule has 0 radical (unpaired) electrons. The van der Waals surface area contributed by atoms with Crippen LogP contribution in [-0.4, -0.2) is 28.9 Å². The molecular formula is C18H22F3NOS. The van der Waals surface area contributed by atoms with Crippen LogP contribution in [0, 0.1) is 5.92 Å². The molecule has 1 aliphatic heterocycles. The van der Waals surface area contributed by atoms with E-state index in [9.17, 15) is 18.0 Å². The summed E-state index contributed by atoms with van der Waals surface area (Å²) >= 11 is -0.0841. The summed E-state index contributed by atoms with van der Waals surface area (Å²) < 4.78 is 38.1. The molecule has 132 valence electrons. The zero-order valence-corrected chi connectivity index (χ0v) is 14.3. The number of hydrogen-bond acceptors (Lipinski definition) is 2. The van der Waals surface area contributed by atoms with Gasteiger partial charge in [0.25, 0.3) is 0 Å². The molecule has 1 unspecified atom stereocenters. The summed E-state index contributed by atoms with van der Waals surface area (Å²) in [6, 6.07) is 6.91. The number of hydrogen-bond donors (Lipinski definition) is 0. The zero-order chi connectivity index (χ0) is 17.2. The number of amides is 1. The predicted molar refractivity (Wildman–Crippen MR) is 88.8 cm³/mol. The quantitative estimate of drug-likeness (QED) is 0.705. The number of thioether (sulfide) groups is 1. The van der Waals surface area contributed by atoms with Crippen molar-refractivity contribution in [3.05, 3.63) is 29.8 Å². The molecule has 0 N–H and O–H groups in total. The molecule has 24 heavy (non-hydrogen) atoms. The molecule has 1 aliphatic carbocycles. The summed E-state index contributed by atoms with van der Waals surface area (Å²) in [5.41, 5.74) is -3.67. The Morgan fingerprint density at radius 1 is 1.08 bits per heavy atom. The molecule has 1 atom stereocenters. The second-order valence-electron chi connectivity index (χ2n) is 6.67. The largest absolute Gasteiger partial charge is 0.446 e. The minimum absolute atomic E-state index is 0.0841. The number of nitrogens with zero attached hydrogens (tertiary/aromatic N) is 1. The molecule has 0 bridgehead atoms. The lowest BCUT2D eigenvalue weighted by molar-refractivity contribution is -0.133. The number of benzene rings is 1. The minimum Gasteiger partial charge on any atom is -0.339 e. The third-order valence-corrected chi connectivity index (χ3v) is 5.88. The summed E-state index contributed by atoms with van der Waals surface area (Å²) in [6.07, 6.45) is 6.87. The third kappa shape index (κ3) is 4.26. The molecular weight excluding hydrogens is 335 g/mol. The van der Waals surface area contributed by atoms with Gasteiger partial charge in [-0.05, 0) is 49.1 Å². The smallest absolute Gasteiger partial charge is 0.339 e. The van der Waals surface area contributed by atoms with Gasteiger partial charge >= 0.3 is 5.51 Å². The molecule has 2 nitrogen and oxygen atoms in total. The van der Waals surface area contributed by atoms with E-state index in [4.69, 9.17) is 0 Å². The van der Waals surface area contributed by atoms with Gasteiger partial charge in [-0.3, -0.25) is 4.79 Å². The lowest BCUT2D eigenvalue weighted by Crippen LogP contribution is -2.39. The SMILES string of the molecule is O=C1C(Cc2ccccc2SC(F)(F)F)CCN1C1CCCCC1. The van der Waals surface area contributed by atoms with E-state index in [1.165, 1.54) is 25.3 Å². The summed E-state index contributed by atoms with van der Waals surface area (Å²) in [5, 5.41) is 0. The summed E-state index contributed by atoms with van der Waals surface area (Å²) in [5.74, 6) is -0.0457. The normalized spacial score (nSPS) is 23.0. The van der Waals surface area contributed by atoms with E-state index in [1.807, 2.05) is 4.90 Å². The number of rotatable bonds is 4. The van der Waals surface area contributed by atoms with E-state index >= 15 is 0 Å². The van der Waals surface area contributed by atoms with Crippen molar-refractivity contribution < 1.29 is 18.0 Å². The van der Waals surface area contributed by atoms with E-state index in [0.29, 0.717) is 18.0 Å². The fourth-order valence-electron chi connectivity index (χ4n) is 3.87. The van der Waals surface area contributed by atoms with Crippen LogP contribution < -0.4 is 0 Å². The van der Waals surface area contributed by atoms with Crippen LogP contribution in [0.15, 0.2) is 29.2 Å². The Hall–Kier alpha value is -1.17. The van der Waals surface area contributed by atoms with Gasteiger partial charge in [0, 0.05) is 23.4 Å². The first-order valence-corrected chi connectivity index (χ1v) is 9.40. The van der Waals surface area contributed by atoms with Gasteiger partial charge in [0.2, 0.25) is 5.91 Å². The van der Waals surface area contributed by atoms with Crippen LogP contribution >= 0.6 is 11.8 Å². The van der Waals surface area contributed by atoms with Crippen LogP contribution in [0.25, 0.3) is 0 Å². The van der Waals surface area contributed by atoms with Crippen LogP contribution in [0.2, 0.25) is 0 Å². The van der Waals surface area contributed by atoms with Gasteiger partial charge in [-0.1, -0.05) is 37.5 Å². The Balaban J connectivity index is 1.67. The molecule has 1 aromatic carbocycles. The predicted octanol–water partition coefficient (Wildman–Crippen LogP) is 5.02. The number of carbonyl (C=O) groups excluding carboxylic acids is 1. The molecule has 0 spiro atoms. The van der Waals surface area contributed by atoms with Gasteiger partial charge in [-0.2, -0.15) is 13.2 Å². The lowest BCUT2D eigenvalue weighted by atomic mass is 9.94. The van der Waals surface area contributed by atoms with E-state index in [0.717, 1.165) is 25.8 Å². The molecule has 1 aromatic rings. The summed E-state index contributed by atoms with van der Waals surface area (Å²) in [4.78, 5) is 14.9. The number of halogens is 3. The highest BCUT2D eigenvalue weighted by Gasteiger charge is 2.37. The van der Waals surface area contributed by atoms with Crippen LogP contribution in [0.4, 0.5) is 13.2 Å². The second kappa shape index (κ2) is 7.38. The molecule has 1 saturated carbocycles. The van der Waals surface area contributed by atoms with Crippen molar-refractivity contribution in [1.29, 1.82) is 0 Å². The van der Waals surface area contributed by atoms with Crippen molar-refractivity contribution in [2.75, 3.05) is 6.54 Å². The molecule has 2 fully saturated rings. The fraction of sp³-hybridized carbons (Fsp3) is 0.611. The molecule has 2 aliphatic rings. The highest BCUT2D eigenvalue weighted by Crippen LogP contribution is 2.40. The van der Waals surface area contributed by atoms with E-state index in [-0.39, 0.29) is 28.5 Å². The number of likely N-dealkylation sites (tertiary alicyclic amines) is 1. The Labute approximate surface area is 144 Å². The maximum Gasteiger partial charge on any atom is 0.446 e. The van der Waals surface area contributed by atoms with Crippen molar-refractivity contribution in [2.24, 2.45) is 5.92 Å². The lowest BCUT2D eigenvalue weighted by Gasteiger charge is -2.31. The molecule has 6 heteroatoms. The molecule has 3 rings (SSSR count). The highest BCUT2D eigenvalue weighted by atomic mass is 32.2. The number of carbonyl (C=O) groups is 1. The Bertz CT molecular complexity index is 584. The van der Waals surface area contributed by atoms with E-state index in [2.05, 4.69) is 0 Å². The standard InChI is InChI=1S/C18H22F3NOS/c19-18(20,21)24-16-9-5-4-6-13(16)12-14-10-11-22(17(14)23)15-7-2-1-3-8-15/h4-6,9,14-15H,1-3,7-8,10-12H2. The first-order valence-electron chi connectivity index (χ1n) is 8.58. The van der Waals surface area contributed by atoms with Gasteiger partial charge in [0.05, 0.1) is 0 Å². The van der Waals surface area contributed by atoms with Crippen molar-refractivity contribution in [1.82, 2.24) is 4.90 Å². The summed E-state index contributed by atoms with van der Waals surface area (Å²) in [6.45, 7) is 0.753. The average Bonchev–Trinajstić information content (AvgIpc) is 2.90. The van der Waals surface area contributed by atoms with Gasteiger partial charge < -0.3 is 4.90 Å². The minimum atomic E-state index is -4.30. The molecule has 0 aromatic heterocycles. The first kappa shape index (κ1) is 17.6. The zero-order valence-electron chi connectivity index (χ0n) is 13.5. The topological polar surface area (TPSA) is 20.3 Å². The highest BCUT2D eigenvalue weighted by molar-refractivity contribution is 8.00. The molecule has 1 amide bonds. The van der Waals surface area contributed by atoms with Crippen LogP contribution in [0.3, 0.4) is 0 Å². The van der Waals surface area contributed by atoms with Gasteiger partial charge in [-0.15, -0.1) is 0 Å². The Morgan fingerprint density at radius 3 is 2.50 bits per heavy atom. The Kier molecular flexibility index (Phi) is 5.42. The van der Waals surface area contributed by atoms with Gasteiger partial charge in [-0.25, -0.2) is 0 Å². The maximum absolute atomic E-state index is 12.7. The van der Waals surface area contributed by atoms with Crippen molar-refractivity contribution >= 4 is 17.7 Å². The van der Waals surface area contributed by atoms with Crippen LogP contribution in [0.5, 0.6) is 0 Å². The van der Waals surface area contributed by atoms with Crippen molar-refractivity contribution in [2.45, 2.75) is 61.4 Å². The Morgan fingerprint density at radius 2 is 1.79 bits per heavy atom. The van der Waals surface area contributed by atoms with Gasteiger partial charge in [0.1, 0.15) is 0 Å².